The average molecular weight is 346 g/mol. The van der Waals surface area contributed by atoms with E-state index < -0.39 is 0 Å². The Morgan fingerprint density at radius 2 is 1.62 bits per heavy atom. The van der Waals surface area contributed by atoms with Crippen LogP contribution in [0.2, 0.25) is 0 Å². The predicted octanol–water partition coefficient (Wildman–Crippen LogP) is 4.09. The fraction of sp³-hybridized carbons (Fsp3) is 0.0952. The first-order valence-corrected chi connectivity index (χ1v) is 8.34. The Kier molecular flexibility index (Phi) is 4.19. The zero-order chi connectivity index (χ0) is 17.9. The topological polar surface area (TPSA) is 74.1 Å². The SMILES string of the molecule is Oc1ccc(C2COc3cc(O)ccc3/C2=N\Nc2ccccc2)cc1. The molecule has 3 aromatic carbocycles. The van der Waals surface area contributed by atoms with E-state index in [-0.39, 0.29) is 17.4 Å². The zero-order valence-electron chi connectivity index (χ0n) is 14.0. The van der Waals surface area contributed by atoms with Gasteiger partial charge in [0.05, 0.1) is 17.3 Å². The molecule has 0 saturated carbocycles. The average Bonchev–Trinajstić information content (AvgIpc) is 2.67. The van der Waals surface area contributed by atoms with Gasteiger partial charge in [-0.15, -0.1) is 0 Å². The third-order valence-corrected chi connectivity index (χ3v) is 4.35. The minimum atomic E-state index is -0.0937. The van der Waals surface area contributed by atoms with Gasteiger partial charge in [-0.2, -0.15) is 5.10 Å². The van der Waals surface area contributed by atoms with Gasteiger partial charge in [-0.3, -0.25) is 5.43 Å². The van der Waals surface area contributed by atoms with Gasteiger partial charge in [0.15, 0.2) is 0 Å². The van der Waals surface area contributed by atoms with Crippen molar-refractivity contribution in [1.29, 1.82) is 0 Å². The van der Waals surface area contributed by atoms with Crippen LogP contribution in [0, 0.1) is 0 Å². The molecule has 5 nitrogen and oxygen atoms in total. The van der Waals surface area contributed by atoms with Crippen molar-refractivity contribution in [2.45, 2.75) is 5.92 Å². The van der Waals surface area contributed by atoms with Gasteiger partial charge in [0.1, 0.15) is 23.9 Å². The van der Waals surface area contributed by atoms with E-state index in [1.807, 2.05) is 48.5 Å². The molecule has 5 heteroatoms. The minimum absolute atomic E-state index is 0.0937. The molecule has 0 saturated heterocycles. The van der Waals surface area contributed by atoms with E-state index in [4.69, 9.17) is 4.74 Å². The fourth-order valence-electron chi connectivity index (χ4n) is 3.02. The molecule has 0 amide bonds. The highest BCUT2D eigenvalue weighted by atomic mass is 16.5. The largest absolute Gasteiger partial charge is 0.508 e. The first kappa shape index (κ1) is 16.0. The lowest BCUT2D eigenvalue weighted by molar-refractivity contribution is 0.300. The number of hydrogen-bond acceptors (Lipinski definition) is 5. The van der Waals surface area contributed by atoms with Crippen LogP contribution in [0.25, 0.3) is 0 Å². The summed E-state index contributed by atoms with van der Waals surface area (Å²) in [4.78, 5) is 0. The highest BCUT2D eigenvalue weighted by Crippen LogP contribution is 2.35. The molecule has 26 heavy (non-hydrogen) atoms. The van der Waals surface area contributed by atoms with Crippen LogP contribution in [0.5, 0.6) is 17.2 Å². The smallest absolute Gasteiger partial charge is 0.132 e. The standard InChI is InChI=1S/C21H18N2O3/c24-16-8-6-14(7-9-16)19-13-26-20-12-17(25)10-11-18(20)21(19)23-22-15-4-2-1-3-5-15/h1-12,19,22,24-25H,13H2/b23-21+. The van der Waals surface area contributed by atoms with E-state index in [0.717, 1.165) is 22.5 Å². The second-order valence-corrected chi connectivity index (χ2v) is 6.11. The molecule has 0 radical (unpaired) electrons. The predicted molar refractivity (Wildman–Crippen MR) is 101 cm³/mol. The molecule has 3 N–H and O–H groups in total. The van der Waals surface area contributed by atoms with Crippen molar-refractivity contribution < 1.29 is 14.9 Å². The number of rotatable bonds is 3. The second kappa shape index (κ2) is 6.80. The van der Waals surface area contributed by atoms with E-state index in [9.17, 15) is 10.2 Å². The van der Waals surface area contributed by atoms with Crippen molar-refractivity contribution in [2.75, 3.05) is 12.0 Å². The fourth-order valence-corrected chi connectivity index (χ4v) is 3.02. The molecule has 0 spiro atoms. The molecule has 1 aliphatic rings. The summed E-state index contributed by atoms with van der Waals surface area (Å²) >= 11 is 0. The third-order valence-electron chi connectivity index (χ3n) is 4.35. The number of phenolic OH excluding ortho intramolecular Hbond substituents is 2. The maximum absolute atomic E-state index is 9.73. The number of anilines is 1. The highest BCUT2D eigenvalue weighted by Gasteiger charge is 2.29. The normalized spacial score (nSPS) is 17.4. The van der Waals surface area contributed by atoms with Crippen molar-refractivity contribution in [2.24, 2.45) is 5.10 Å². The number of hydrazone groups is 1. The maximum atomic E-state index is 9.73. The first-order valence-electron chi connectivity index (χ1n) is 8.34. The number of ether oxygens (including phenoxy) is 1. The van der Waals surface area contributed by atoms with Crippen LogP contribution in [0.3, 0.4) is 0 Å². The molecule has 0 fully saturated rings. The number of nitrogens with one attached hydrogen (secondary N) is 1. The Bertz CT molecular complexity index is 937. The molecule has 3 aromatic rings. The Balaban J connectivity index is 1.75. The number of benzene rings is 3. The van der Waals surface area contributed by atoms with Crippen LogP contribution >= 0.6 is 0 Å². The Labute approximate surface area is 151 Å². The van der Waals surface area contributed by atoms with Crippen LogP contribution in [0.1, 0.15) is 17.0 Å². The summed E-state index contributed by atoms with van der Waals surface area (Å²) in [6, 6.07) is 21.8. The lowest BCUT2D eigenvalue weighted by Crippen LogP contribution is -2.27. The Morgan fingerprint density at radius 3 is 2.38 bits per heavy atom. The third kappa shape index (κ3) is 3.19. The molecule has 1 heterocycles. The molecule has 0 aliphatic carbocycles. The summed E-state index contributed by atoms with van der Waals surface area (Å²) < 4.78 is 5.85. The van der Waals surface area contributed by atoms with E-state index in [0.29, 0.717) is 12.4 Å². The zero-order valence-corrected chi connectivity index (χ0v) is 14.0. The van der Waals surface area contributed by atoms with Crippen LogP contribution in [0.15, 0.2) is 77.9 Å². The van der Waals surface area contributed by atoms with Gasteiger partial charge in [0, 0.05) is 11.6 Å². The van der Waals surface area contributed by atoms with Crippen LogP contribution in [-0.4, -0.2) is 22.5 Å². The molecule has 0 bridgehead atoms. The molecular formula is C21H18N2O3. The van der Waals surface area contributed by atoms with E-state index in [2.05, 4.69) is 10.5 Å². The molecule has 4 rings (SSSR count). The lowest BCUT2D eigenvalue weighted by atomic mass is 9.88. The van der Waals surface area contributed by atoms with Gasteiger partial charge in [0.2, 0.25) is 0 Å². The number of para-hydroxylation sites is 1. The molecular weight excluding hydrogens is 328 g/mol. The molecule has 130 valence electrons. The second-order valence-electron chi connectivity index (χ2n) is 6.11. The number of aromatic hydroxyl groups is 2. The van der Waals surface area contributed by atoms with E-state index >= 15 is 0 Å². The number of phenols is 2. The van der Waals surface area contributed by atoms with E-state index in [1.165, 1.54) is 0 Å². The van der Waals surface area contributed by atoms with Crippen molar-refractivity contribution in [3.8, 4) is 17.2 Å². The monoisotopic (exact) mass is 346 g/mol. The molecule has 0 aromatic heterocycles. The van der Waals surface area contributed by atoms with Gasteiger partial charge in [-0.1, -0.05) is 30.3 Å². The Morgan fingerprint density at radius 1 is 0.885 bits per heavy atom. The van der Waals surface area contributed by atoms with Crippen LogP contribution in [-0.2, 0) is 0 Å². The van der Waals surface area contributed by atoms with Gasteiger partial charge in [0.25, 0.3) is 0 Å². The lowest BCUT2D eigenvalue weighted by Gasteiger charge is -2.27. The quantitative estimate of drug-likeness (QED) is 0.625. The van der Waals surface area contributed by atoms with Crippen LogP contribution in [0.4, 0.5) is 5.69 Å². The van der Waals surface area contributed by atoms with Gasteiger partial charge < -0.3 is 14.9 Å². The Hall–Kier alpha value is -3.47. The highest BCUT2D eigenvalue weighted by molar-refractivity contribution is 6.08. The van der Waals surface area contributed by atoms with Crippen molar-refractivity contribution in [1.82, 2.24) is 0 Å². The number of hydrogen-bond donors (Lipinski definition) is 3. The van der Waals surface area contributed by atoms with Gasteiger partial charge >= 0.3 is 0 Å². The number of nitrogens with zero attached hydrogens (tertiary/aromatic N) is 1. The van der Waals surface area contributed by atoms with Crippen molar-refractivity contribution >= 4 is 11.4 Å². The number of fused-ring (bicyclic) bond motifs is 1. The van der Waals surface area contributed by atoms with Gasteiger partial charge in [-0.25, -0.2) is 0 Å². The van der Waals surface area contributed by atoms with E-state index in [1.54, 1.807) is 24.3 Å². The van der Waals surface area contributed by atoms with Crippen molar-refractivity contribution in [3.05, 3.63) is 83.9 Å². The summed E-state index contributed by atoms with van der Waals surface area (Å²) in [7, 11) is 0. The molecule has 1 aliphatic heterocycles. The van der Waals surface area contributed by atoms with Crippen LogP contribution < -0.4 is 10.2 Å². The molecule has 1 unspecified atom stereocenters. The summed E-state index contributed by atoms with van der Waals surface area (Å²) in [5, 5.41) is 23.9. The maximum Gasteiger partial charge on any atom is 0.132 e. The molecule has 1 atom stereocenters. The minimum Gasteiger partial charge on any atom is -0.508 e. The summed E-state index contributed by atoms with van der Waals surface area (Å²) in [5.41, 5.74) is 6.63. The first-order chi connectivity index (χ1) is 12.7. The summed E-state index contributed by atoms with van der Waals surface area (Å²) in [6.07, 6.45) is 0. The van der Waals surface area contributed by atoms with Crippen molar-refractivity contribution in [3.63, 3.8) is 0 Å². The van der Waals surface area contributed by atoms with Gasteiger partial charge in [-0.05, 0) is 42.0 Å². The summed E-state index contributed by atoms with van der Waals surface area (Å²) in [6.45, 7) is 0.399. The summed E-state index contributed by atoms with van der Waals surface area (Å²) in [5.74, 6) is 0.886.